The van der Waals surface area contributed by atoms with Crippen molar-refractivity contribution in [2.75, 3.05) is 10.6 Å². The molecule has 25 heavy (non-hydrogen) atoms. The molecule has 1 aromatic rings. The van der Waals surface area contributed by atoms with Crippen molar-refractivity contribution in [3.8, 4) is 0 Å². The van der Waals surface area contributed by atoms with Gasteiger partial charge in [-0.15, -0.1) is 0 Å². The van der Waals surface area contributed by atoms with Crippen molar-refractivity contribution in [3.63, 3.8) is 0 Å². The van der Waals surface area contributed by atoms with Crippen molar-refractivity contribution >= 4 is 21.6 Å². The first-order valence-corrected chi connectivity index (χ1v) is 10.7. The second-order valence-corrected chi connectivity index (χ2v) is 9.11. The van der Waals surface area contributed by atoms with E-state index < -0.39 is 21.9 Å². The number of nitrogens with zero attached hydrogens (tertiary/aromatic N) is 1. The highest BCUT2D eigenvalue weighted by Gasteiger charge is 2.41. The largest absolute Gasteiger partial charge is 0.351 e. The predicted molar refractivity (Wildman–Crippen MR) is 95.2 cm³/mol. The number of nitrogens with one attached hydrogen (secondary N) is 1. The average molecular weight is 368 g/mol. The summed E-state index contributed by atoms with van der Waals surface area (Å²) in [6.45, 7) is 1.78. The molecule has 0 saturated heterocycles. The number of benzene rings is 1. The van der Waals surface area contributed by atoms with E-state index in [1.54, 1.807) is 6.92 Å². The lowest BCUT2D eigenvalue weighted by atomic mass is 9.95. The van der Waals surface area contributed by atoms with Crippen LogP contribution in [0.5, 0.6) is 0 Å². The Morgan fingerprint density at radius 1 is 1.28 bits per heavy atom. The number of hydrogen-bond donors (Lipinski definition) is 1. The van der Waals surface area contributed by atoms with E-state index in [1.807, 2.05) is 0 Å². The molecule has 0 spiro atoms. The molecule has 2 saturated carbocycles. The van der Waals surface area contributed by atoms with E-state index in [9.17, 15) is 17.6 Å². The van der Waals surface area contributed by atoms with Crippen molar-refractivity contribution in [2.45, 2.75) is 51.1 Å². The van der Waals surface area contributed by atoms with Gasteiger partial charge < -0.3 is 5.32 Å². The van der Waals surface area contributed by atoms with Crippen molar-refractivity contribution in [3.05, 3.63) is 30.1 Å². The molecular formula is C18H25FN2O3S. The molecule has 0 aromatic heterocycles. The van der Waals surface area contributed by atoms with Gasteiger partial charge in [-0.2, -0.15) is 0 Å². The molecule has 1 aromatic carbocycles. The summed E-state index contributed by atoms with van der Waals surface area (Å²) in [7, 11) is -3.68. The fourth-order valence-corrected chi connectivity index (χ4v) is 5.56. The number of hydrogen-bond acceptors (Lipinski definition) is 3. The molecule has 2 bridgehead atoms. The summed E-state index contributed by atoms with van der Waals surface area (Å²) >= 11 is 0. The standard InChI is InChI=1S/C18H25FN2O3S/c1-3-17(18(22)20-16-11-12-4-5-13(16)10-12)21(25(2,23)24)15-8-6-14(19)7-9-15/h6-9,12-13,16-17H,3-5,10-11H2,1-2H3,(H,20,22)/t12-,13-,16+,17+/m0/s1. The molecule has 4 atom stereocenters. The molecule has 0 unspecified atom stereocenters. The third-order valence-corrected chi connectivity index (χ3v) is 6.66. The molecule has 5 nitrogen and oxygen atoms in total. The molecule has 0 radical (unpaired) electrons. The summed E-state index contributed by atoms with van der Waals surface area (Å²) in [6.07, 6.45) is 5.94. The summed E-state index contributed by atoms with van der Waals surface area (Å²) in [4.78, 5) is 12.8. The molecule has 0 heterocycles. The molecule has 2 aliphatic rings. The first-order chi connectivity index (χ1) is 11.8. The highest BCUT2D eigenvalue weighted by atomic mass is 32.2. The van der Waals surface area contributed by atoms with Gasteiger partial charge in [-0.05, 0) is 61.8 Å². The van der Waals surface area contributed by atoms with Gasteiger partial charge in [0.2, 0.25) is 15.9 Å². The first-order valence-electron chi connectivity index (χ1n) is 8.85. The molecular weight excluding hydrogens is 343 g/mol. The summed E-state index contributed by atoms with van der Waals surface area (Å²) in [5.74, 6) is 0.494. The van der Waals surface area contributed by atoms with Gasteiger partial charge in [0, 0.05) is 6.04 Å². The maximum absolute atomic E-state index is 13.2. The van der Waals surface area contributed by atoms with E-state index >= 15 is 0 Å². The van der Waals surface area contributed by atoms with E-state index in [0.29, 0.717) is 23.9 Å². The third-order valence-electron chi connectivity index (χ3n) is 5.48. The Hall–Kier alpha value is -1.63. The van der Waals surface area contributed by atoms with Gasteiger partial charge in [0.15, 0.2) is 0 Å². The number of rotatable bonds is 6. The lowest BCUT2D eigenvalue weighted by Gasteiger charge is -2.32. The van der Waals surface area contributed by atoms with Crippen LogP contribution in [0.2, 0.25) is 0 Å². The zero-order chi connectivity index (χ0) is 18.2. The minimum atomic E-state index is -3.68. The van der Waals surface area contributed by atoms with Crippen molar-refractivity contribution in [1.82, 2.24) is 5.32 Å². The topological polar surface area (TPSA) is 66.5 Å². The highest BCUT2D eigenvalue weighted by molar-refractivity contribution is 7.92. The predicted octanol–water partition coefficient (Wildman–Crippen LogP) is 2.68. The van der Waals surface area contributed by atoms with Crippen LogP contribution in [-0.2, 0) is 14.8 Å². The minimum Gasteiger partial charge on any atom is -0.351 e. The normalized spacial score (nSPS) is 26.4. The maximum Gasteiger partial charge on any atom is 0.244 e. The van der Waals surface area contributed by atoms with E-state index in [2.05, 4.69) is 5.32 Å². The first kappa shape index (κ1) is 18.2. The molecule has 138 valence electrons. The van der Waals surface area contributed by atoms with Crippen LogP contribution in [-0.4, -0.2) is 32.7 Å². The van der Waals surface area contributed by atoms with Crippen molar-refractivity contribution in [1.29, 1.82) is 0 Å². The highest BCUT2D eigenvalue weighted by Crippen LogP contribution is 2.44. The van der Waals surface area contributed by atoms with Crippen LogP contribution in [0.25, 0.3) is 0 Å². The van der Waals surface area contributed by atoms with Gasteiger partial charge in [0.25, 0.3) is 0 Å². The minimum absolute atomic E-state index is 0.148. The Morgan fingerprint density at radius 3 is 2.44 bits per heavy atom. The second-order valence-electron chi connectivity index (χ2n) is 7.25. The van der Waals surface area contributed by atoms with Crippen LogP contribution in [0, 0.1) is 17.7 Å². The maximum atomic E-state index is 13.2. The summed E-state index contributed by atoms with van der Waals surface area (Å²) in [5, 5.41) is 3.08. The van der Waals surface area contributed by atoms with E-state index in [-0.39, 0.29) is 11.9 Å². The zero-order valence-electron chi connectivity index (χ0n) is 14.6. The quantitative estimate of drug-likeness (QED) is 0.839. The molecule has 7 heteroatoms. The molecule has 1 N–H and O–H groups in total. The van der Waals surface area contributed by atoms with E-state index in [0.717, 1.165) is 29.8 Å². The Labute approximate surface area is 148 Å². The van der Waals surface area contributed by atoms with Crippen molar-refractivity contribution in [2.24, 2.45) is 11.8 Å². The van der Waals surface area contributed by atoms with Gasteiger partial charge in [0.1, 0.15) is 11.9 Å². The van der Waals surface area contributed by atoms with Crippen LogP contribution in [0.3, 0.4) is 0 Å². The molecule has 3 rings (SSSR count). The fourth-order valence-electron chi connectivity index (χ4n) is 4.35. The summed E-state index contributed by atoms with van der Waals surface area (Å²) < 4.78 is 39.0. The molecule has 2 aliphatic carbocycles. The van der Waals surface area contributed by atoms with E-state index in [4.69, 9.17) is 0 Å². The van der Waals surface area contributed by atoms with Gasteiger partial charge in [0.05, 0.1) is 11.9 Å². The number of sulfonamides is 1. The second kappa shape index (κ2) is 6.94. The van der Waals surface area contributed by atoms with Gasteiger partial charge in [-0.25, -0.2) is 12.8 Å². The van der Waals surface area contributed by atoms with Crippen LogP contribution >= 0.6 is 0 Å². The number of amides is 1. The Bertz CT molecular complexity index is 735. The smallest absolute Gasteiger partial charge is 0.244 e. The average Bonchev–Trinajstić information content (AvgIpc) is 3.15. The summed E-state index contributed by atoms with van der Waals surface area (Å²) in [5.41, 5.74) is 0.304. The number of anilines is 1. The number of fused-ring (bicyclic) bond motifs is 2. The van der Waals surface area contributed by atoms with Crippen LogP contribution < -0.4 is 9.62 Å². The lowest BCUT2D eigenvalue weighted by molar-refractivity contribution is -0.123. The number of halogens is 1. The van der Waals surface area contributed by atoms with Crippen LogP contribution in [0.1, 0.15) is 39.0 Å². The molecule has 1 amide bonds. The number of carbonyl (C=O) groups is 1. The molecule has 0 aliphatic heterocycles. The van der Waals surface area contributed by atoms with Crippen LogP contribution in [0.4, 0.5) is 10.1 Å². The van der Waals surface area contributed by atoms with Gasteiger partial charge >= 0.3 is 0 Å². The number of carbonyl (C=O) groups excluding carboxylic acids is 1. The van der Waals surface area contributed by atoms with Gasteiger partial charge in [-0.3, -0.25) is 9.10 Å². The summed E-state index contributed by atoms with van der Waals surface area (Å²) in [6, 6.07) is 4.50. The zero-order valence-corrected chi connectivity index (χ0v) is 15.4. The van der Waals surface area contributed by atoms with Gasteiger partial charge in [-0.1, -0.05) is 13.3 Å². The Balaban J connectivity index is 1.82. The Kier molecular flexibility index (Phi) is 5.04. The fraction of sp³-hybridized carbons (Fsp3) is 0.611. The van der Waals surface area contributed by atoms with Crippen molar-refractivity contribution < 1.29 is 17.6 Å². The SMILES string of the molecule is CC[C@H](C(=O)N[C@@H]1C[C@H]2CC[C@H]1C2)N(c1ccc(F)cc1)S(C)(=O)=O. The van der Waals surface area contributed by atoms with Crippen LogP contribution in [0.15, 0.2) is 24.3 Å². The third kappa shape index (κ3) is 3.81. The monoisotopic (exact) mass is 368 g/mol. The van der Waals surface area contributed by atoms with E-state index in [1.165, 1.54) is 30.7 Å². The molecule has 2 fully saturated rings. The lowest BCUT2D eigenvalue weighted by Crippen LogP contribution is -2.52. The Morgan fingerprint density at radius 2 is 1.96 bits per heavy atom.